The summed E-state index contributed by atoms with van der Waals surface area (Å²) in [6, 6.07) is 72.0. The lowest BCUT2D eigenvalue weighted by atomic mass is 10.1. The molecule has 0 fully saturated rings. The number of para-hydroxylation sites is 12. The van der Waals surface area contributed by atoms with E-state index in [1.165, 1.54) is 0 Å². The molecule has 75 heavy (non-hydrogen) atoms. The summed E-state index contributed by atoms with van der Waals surface area (Å²) < 4.78 is 35.3. The number of nitrogens with zero attached hydrogens (tertiary/aromatic N) is 6. The van der Waals surface area contributed by atoms with E-state index in [1.54, 1.807) is 42.7 Å². The van der Waals surface area contributed by atoms with Crippen molar-refractivity contribution in [3.05, 3.63) is 218 Å². The maximum atomic E-state index is 5.88. The molecule has 0 N–H and O–H groups in total. The van der Waals surface area contributed by atoms with Crippen LogP contribution < -0.4 is 43.1 Å². The van der Waals surface area contributed by atoms with E-state index in [-0.39, 0.29) is 0 Å². The van der Waals surface area contributed by atoms with Gasteiger partial charge in [-0.15, -0.1) is 0 Å². The van der Waals surface area contributed by atoms with Crippen LogP contribution in [0.2, 0.25) is 0 Å². The van der Waals surface area contributed by atoms with Crippen molar-refractivity contribution in [1.29, 1.82) is 0 Å². The van der Waals surface area contributed by atoms with Crippen LogP contribution in [-0.2, 0) is 0 Å². The van der Waals surface area contributed by atoms with Crippen LogP contribution in [-0.4, -0.2) is 57.6 Å². The van der Waals surface area contributed by atoms with E-state index in [4.69, 9.17) is 43.4 Å². The summed E-state index contributed by atoms with van der Waals surface area (Å²) in [6.45, 7) is 0. The predicted molar refractivity (Wildman–Crippen MR) is 299 cm³/mol. The van der Waals surface area contributed by atoms with Crippen molar-refractivity contribution < 1.29 is 28.4 Å². The molecule has 0 bridgehead atoms. The molecule has 1 aromatic heterocycles. The molecule has 9 aromatic carbocycles. The Morgan fingerprint density at radius 3 is 0.573 bits per heavy atom. The Labute approximate surface area is 437 Å². The summed E-state index contributed by atoms with van der Waals surface area (Å²) in [4.78, 5) is 21.9. The molecule has 12 nitrogen and oxygen atoms in total. The highest BCUT2D eigenvalue weighted by molar-refractivity contribution is 5.87. The zero-order valence-corrected chi connectivity index (χ0v) is 42.4. The molecular weight excluding hydrogens is 937 g/mol. The SMILES string of the molecule is COc1ccccc1N(c1ccc(-c2nc(-c3ccc(N(c4ccccc4OC)c4ccccc4OC)cc3)nc(-c3ccc(N(c4ccccc4OC)c4ccccc4OC)cc3)n2)cc1)c1ccccc1OC. The minimum absolute atomic E-state index is 0.491. The van der Waals surface area contributed by atoms with Crippen molar-refractivity contribution in [2.24, 2.45) is 0 Å². The van der Waals surface area contributed by atoms with E-state index in [9.17, 15) is 0 Å². The van der Waals surface area contributed by atoms with Gasteiger partial charge >= 0.3 is 0 Å². The van der Waals surface area contributed by atoms with Crippen LogP contribution in [0, 0.1) is 0 Å². The summed E-state index contributed by atoms with van der Waals surface area (Å²) in [5.41, 5.74) is 10.1. The van der Waals surface area contributed by atoms with Crippen molar-refractivity contribution in [2.45, 2.75) is 0 Å². The molecule has 372 valence electrons. The maximum absolute atomic E-state index is 5.88. The average Bonchev–Trinajstić information content (AvgIpc) is 3.48. The number of ether oxygens (including phenoxy) is 6. The number of hydrogen-bond acceptors (Lipinski definition) is 12. The van der Waals surface area contributed by atoms with E-state index in [2.05, 4.69) is 51.1 Å². The van der Waals surface area contributed by atoms with E-state index >= 15 is 0 Å². The molecular formula is C63H54N6O6. The number of rotatable bonds is 18. The monoisotopic (exact) mass is 990 g/mol. The zero-order valence-electron chi connectivity index (χ0n) is 42.4. The number of methoxy groups -OCH3 is 6. The fourth-order valence-corrected chi connectivity index (χ4v) is 9.15. The fourth-order valence-electron chi connectivity index (χ4n) is 9.15. The lowest BCUT2D eigenvalue weighted by Gasteiger charge is -2.28. The van der Waals surface area contributed by atoms with Crippen molar-refractivity contribution in [3.8, 4) is 68.7 Å². The molecule has 0 saturated heterocycles. The summed E-state index contributed by atoms with van der Waals surface area (Å²) in [7, 11) is 10.0. The molecule has 0 aliphatic rings. The quantitative estimate of drug-likeness (QED) is 0.0817. The van der Waals surface area contributed by atoms with Gasteiger partial charge in [0.25, 0.3) is 0 Å². The van der Waals surface area contributed by atoms with Crippen LogP contribution >= 0.6 is 0 Å². The first-order valence-corrected chi connectivity index (χ1v) is 24.2. The average molecular weight is 991 g/mol. The van der Waals surface area contributed by atoms with Crippen LogP contribution in [0.25, 0.3) is 34.2 Å². The van der Waals surface area contributed by atoms with E-state index < -0.39 is 0 Å². The Hall–Kier alpha value is -9.81. The predicted octanol–water partition coefficient (Wildman–Crippen LogP) is 15.3. The first-order valence-electron chi connectivity index (χ1n) is 24.2. The highest BCUT2D eigenvalue weighted by Gasteiger charge is 2.24. The fraction of sp³-hybridized carbons (Fsp3) is 0.0952. The van der Waals surface area contributed by atoms with Gasteiger partial charge in [-0.2, -0.15) is 0 Å². The molecule has 10 rings (SSSR count). The topological polar surface area (TPSA) is 104 Å². The Morgan fingerprint density at radius 1 is 0.227 bits per heavy atom. The number of benzene rings is 9. The van der Waals surface area contributed by atoms with Gasteiger partial charge in [-0.1, -0.05) is 72.8 Å². The van der Waals surface area contributed by atoms with Crippen molar-refractivity contribution >= 4 is 51.2 Å². The van der Waals surface area contributed by atoms with Crippen LogP contribution in [0.5, 0.6) is 34.5 Å². The lowest BCUT2D eigenvalue weighted by Crippen LogP contribution is -2.12. The van der Waals surface area contributed by atoms with Gasteiger partial charge in [0.05, 0.1) is 76.8 Å². The smallest absolute Gasteiger partial charge is 0.164 e. The van der Waals surface area contributed by atoms with Crippen LogP contribution in [0.15, 0.2) is 218 Å². The number of aromatic nitrogens is 3. The number of hydrogen-bond donors (Lipinski definition) is 0. The van der Waals surface area contributed by atoms with Gasteiger partial charge in [-0.3, -0.25) is 0 Å². The molecule has 1 heterocycles. The lowest BCUT2D eigenvalue weighted by molar-refractivity contribution is 0.412. The second-order valence-electron chi connectivity index (χ2n) is 17.0. The van der Waals surface area contributed by atoms with Gasteiger partial charge in [0.2, 0.25) is 0 Å². The molecule has 0 spiro atoms. The summed E-state index contributed by atoms with van der Waals surface area (Å²) >= 11 is 0. The van der Waals surface area contributed by atoms with E-state index in [0.717, 1.165) is 67.9 Å². The van der Waals surface area contributed by atoms with Crippen molar-refractivity contribution in [1.82, 2.24) is 15.0 Å². The Bertz CT molecular complexity index is 3030. The van der Waals surface area contributed by atoms with Gasteiger partial charge in [0.1, 0.15) is 34.5 Å². The third kappa shape index (κ3) is 9.92. The third-order valence-electron chi connectivity index (χ3n) is 12.7. The molecule has 0 atom stereocenters. The van der Waals surface area contributed by atoms with Gasteiger partial charge in [-0.25, -0.2) is 15.0 Å². The third-order valence-corrected chi connectivity index (χ3v) is 12.7. The van der Waals surface area contributed by atoms with Crippen LogP contribution in [0.4, 0.5) is 51.2 Å². The largest absolute Gasteiger partial charge is 0.495 e. The summed E-state index contributed by atoms with van der Waals surface area (Å²) in [5.74, 6) is 5.72. The van der Waals surface area contributed by atoms with Crippen LogP contribution in [0.3, 0.4) is 0 Å². The zero-order chi connectivity index (χ0) is 51.7. The Balaban J connectivity index is 1.10. The minimum Gasteiger partial charge on any atom is -0.495 e. The van der Waals surface area contributed by atoms with Crippen molar-refractivity contribution in [2.75, 3.05) is 57.4 Å². The first kappa shape index (κ1) is 48.8. The highest BCUT2D eigenvalue weighted by Crippen LogP contribution is 2.47. The van der Waals surface area contributed by atoms with Gasteiger partial charge in [0.15, 0.2) is 17.5 Å². The van der Waals surface area contributed by atoms with Crippen molar-refractivity contribution in [3.63, 3.8) is 0 Å². The maximum Gasteiger partial charge on any atom is 0.164 e. The molecule has 0 unspecified atom stereocenters. The highest BCUT2D eigenvalue weighted by atomic mass is 16.5. The standard InChI is InChI=1S/C63H54N6O6/c1-70-55-25-13-7-19-49(55)67(50-20-8-14-26-56(50)71-2)46-37-31-43(32-38-46)61-64-62(44-33-39-47(40-34-44)68(51-21-9-15-27-57(51)72-3)52-22-10-16-28-58(52)73-4)66-63(65-61)45-35-41-48(42-36-45)69(53-23-11-17-29-59(53)74-5)54-24-12-18-30-60(54)75-6/h7-42H,1-6H3. The Morgan fingerprint density at radius 2 is 0.400 bits per heavy atom. The summed E-state index contributed by atoms with van der Waals surface area (Å²) in [6.07, 6.45) is 0. The molecule has 0 aliphatic heterocycles. The summed E-state index contributed by atoms with van der Waals surface area (Å²) in [5, 5.41) is 0. The van der Waals surface area contributed by atoms with Crippen LogP contribution in [0.1, 0.15) is 0 Å². The molecule has 0 saturated carbocycles. The van der Waals surface area contributed by atoms with Gasteiger partial charge < -0.3 is 43.1 Å². The van der Waals surface area contributed by atoms with E-state index in [1.807, 2.05) is 182 Å². The first-order chi connectivity index (χ1) is 36.9. The molecule has 10 aromatic rings. The molecule has 0 aliphatic carbocycles. The molecule has 0 radical (unpaired) electrons. The Kier molecular flexibility index (Phi) is 14.5. The minimum atomic E-state index is 0.491. The molecule has 12 heteroatoms. The number of anilines is 9. The normalized spacial score (nSPS) is 10.8. The molecule has 0 amide bonds. The van der Waals surface area contributed by atoms with Gasteiger partial charge in [-0.05, 0) is 146 Å². The second-order valence-corrected chi connectivity index (χ2v) is 17.0. The van der Waals surface area contributed by atoms with Gasteiger partial charge in [0, 0.05) is 33.8 Å². The second kappa shape index (κ2) is 22.3. The van der Waals surface area contributed by atoms with E-state index in [0.29, 0.717) is 52.0 Å².